The van der Waals surface area contributed by atoms with Crippen molar-refractivity contribution in [3.8, 4) is 0 Å². The molecule has 2 aliphatic heterocycles. The Balaban J connectivity index is 1.55. The highest BCUT2D eigenvalue weighted by Gasteiger charge is 2.48. The van der Waals surface area contributed by atoms with Gasteiger partial charge in [-0.2, -0.15) is 11.3 Å². The molecule has 3 atom stereocenters. The van der Waals surface area contributed by atoms with Gasteiger partial charge in [-0.15, -0.1) is 0 Å². The largest absolute Gasteiger partial charge is 0.338 e. The van der Waals surface area contributed by atoms with Crippen molar-refractivity contribution >= 4 is 17.2 Å². The fraction of sp³-hybridized carbons (Fsp3) is 0.542. The molecule has 2 aliphatic rings. The third-order valence-corrected chi connectivity index (χ3v) is 7.08. The van der Waals surface area contributed by atoms with Crippen LogP contribution >= 0.6 is 11.3 Å². The monoisotopic (exact) mass is 396 g/mol. The van der Waals surface area contributed by atoms with Gasteiger partial charge in [0.25, 0.3) is 0 Å². The van der Waals surface area contributed by atoms with Gasteiger partial charge in [-0.3, -0.25) is 9.69 Å². The summed E-state index contributed by atoms with van der Waals surface area (Å²) in [6.07, 6.45) is 1.08. The van der Waals surface area contributed by atoms with Crippen LogP contribution in [-0.2, 0) is 11.3 Å². The molecule has 3 heterocycles. The highest BCUT2D eigenvalue weighted by atomic mass is 32.1. The summed E-state index contributed by atoms with van der Waals surface area (Å²) in [6, 6.07) is 11.5. The van der Waals surface area contributed by atoms with Gasteiger partial charge in [-0.1, -0.05) is 50.6 Å². The van der Waals surface area contributed by atoms with E-state index in [2.05, 4.69) is 78.6 Å². The first-order valence-electron chi connectivity index (χ1n) is 10.4. The van der Waals surface area contributed by atoms with Gasteiger partial charge in [0, 0.05) is 49.5 Å². The van der Waals surface area contributed by atoms with E-state index in [1.54, 1.807) is 11.3 Å². The molecule has 1 aromatic carbocycles. The number of hydrogen-bond acceptors (Lipinski definition) is 3. The smallest absolute Gasteiger partial charge is 0.228 e. The number of rotatable bonds is 3. The van der Waals surface area contributed by atoms with E-state index in [-0.39, 0.29) is 5.41 Å². The molecule has 0 bridgehead atoms. The summed E-state index contributed by atoms with van der Waals surface area (Å²) >= 11 is 1.77. The Hall–Kier alpha value is -1.65. The first-order valence-corrected chi connectivity index (χ1v) is 11.4. The molecule has 1 aromatic heterocycles. The third kappa shape index (κ3) is 3.90. The maximum absolute atomic E-state index is 13.2. The zero-order valence-corrected chi connectivity index (χ0v) is 18.3. The number of fused-ring (bicyclic) bond motifs is 1. The van der Waals surface area contributed by atoms with E-state index in [1.165, 1.54) is 16.7 Å². The lowest BCUT2D eigenvalue weighted by atomic mass is 9.82. The minimum absolute atomic E-state index is 0.312. The molecule has 150 valence electrons. The maximum Gasteiger partial charge on any atom is 0.228 e. The van der Waals surface area contributed by atoms with Crippen molar-refractivity contribution in [2.45, 2.75) is 52.6 Å². The molecule has 0 unspecified atom stereocenters. The van der Waals surface area contributed by atoms with Crippen LogP contribution in [0.1, 0.15) is 49.8 Å². The van der Waals surface area contributed by atoms with Crippen molar-refractivity contribution in [2.75, 3.05) is 19.6 Å². The van der Waals surface area contributed by atoms with Gasteiger partial charge in [0.05, 0.1) is 0 Å². The SMILES string of the molecule is Cc1cccc(CN2CC[C@@H]3[C@H](C2)[C@@H](c2ccsc2)CN3C(=O)C(C)(C)C)c1. The molecule has 1 amide bonds. The van der Waals surface area contributed by atoms with Gasteiger partial charge in [0.1, 0.15) is 0 Å². The molecule has 3 nitrogen and oxygen atoms in total. The second-order valence-corrected chi connectivity index (χ2v) is 10.4. The Kier molecular flexibility index (Phi) is 5.36. The van der Waals surface area contributed by atoms with E-state index in [4.69, 9.17) is 0 Å². The summed E-state index contributed by atoms with van der Waals surface area (Å²) in [6.45, 7) is 12.3. The highest BCUT2D eigenvalue weighted by molar-refractivity contribution is 7.08. The van der Waals surface area contributed by atoms with Gasteiger partial charge < -0.3 is 4.90 Å². The summed E-state index contributed by atoms with van der Waals surface area (Å²) in [5.74, 6) is 1.30. The number of nitrogens with zero attached hydrogens (tertiary/aromatic N) is 2. The van der Waals surface area contributed by atoms with Crippen LogP contribution in [0.4, 0.5) is 0 Å². The molecule has 2 aromatic rings. The summed E-state index contributed by atoms with van der Waals surface area (Å²) in [7, 11) is 0. The summed E-state index contributed by atoms with van der Waals surface area (Å²) in [4.78, 5) is 18.0. The van der Waals surface area contributed by atoms with Gasteiger partial charge in [-0.05, 0) is 41.3 Å². The van der Waals surface area contributed by atoms with E-state index >= 15 is 0 Å². The number of hydrogen-bond donors (Lipinski definition) is 0. The number of benzene rings is 1. The number of aryl methyl sites for hydroxylation is 1. The van der Waals surface area contributed by atoms with Crippen LogP contribution < -0.4 is 0 Å². The van der Waals surface area contributed by atoms with E-state index in [9.17, 15) is 4.79 Å². The van der Waals surface area contributed by atoms with Gasteiger partial charge in [-0.25, -0.2) is 0 Å². The second kappa shape index (κ2) is 7.64. The average Bonchev–Trinajstić information content (AvgIpc) is 3.27. The molecule has 2 fully saturated rings. The zero-order chi connectivity index (χ0) is 19.9. The molecule has 0 N–H and O–H groups in total. The van der Waals surface area contributed by atoms with Crippen molar-refractivity contribution in [3.05, 3.63) is 57.8 Å². The van der Waals surface area contributed by atoms with Crippen LogP contribution in [0.2, 0.25) is 0 Å². The van der Waals surface area contributed by atoms with Crippen LogP contribution in [-0.4, -0.2) is 41.4 Å². The van der Waals surface area contributed by atoms with Crippen molar-refractivity contribution in [3.63, 3.8) is 0 Å². The lowest BCUT2D eigenvalue weighted by Gasteiger charge is -2.40. The maximum atomic E-state index is 13.2. The minimum atomic E-state index is -0.313. The fourth-order valence-corrected chi connectivity index (χ4v) is 5.75. The predicted octanol–water partition coefficient (Wildman–Crippen LogP) is 4.92. The van der Waals surface area contributed by atoms with Gasteiger partial charge in [0.15, 0.2) is 0 Å². The quantitative estimate of drug-likeness (QED) is 0.735. The fourth-order valence-electron chi connectivity index (χ4n) is 5.02. The number of thiophene rings is 1. The van der Waals surface area contributed by atoms with E-state index in [1.807, 2.05) is 0 Å². The number of carbonyl (C=O) groups excluding carboxylic acids is 1. The van der Waals surface area contributed by atoms with Crippen molar-refractivity contribution in [1.29, 1.82) is 0 Å². The first-order chi connectivity index (χ1) is 13.3. The van der Waals surface area contributed by atoms with Crippen LogP contribution in [0.15, 0.2) is 41.1 Å². The van der Waals surface area contributed by atoms with Crippen molar-refractivity contribution < 1.29 is 4.79 Å². The summed E-state index contributed by atoms with van der Waals surface area (Å²) in [5.41, 5.74) is 3.83. The Morgan fingerprint density at radius 3 is 2.71 bits per heavy atom. The molecule has 0 spiro atoms. The predicted molar refractivity (Wildman–Crippen MR) is 117 cm³/mol. The lowest BCUT2D eigenvalue weighted by Crippen LogP contribution is -2.49. The Morgan fingerprint density at radius 2 is 2.04 bits per heavy atom. The number of likely N-dealkylation sites (tertiary alicyclic amines) is 2. The van der Waals surface area contributed by atoms with Crippen molar-refractivity contribution in [2.24, 2.45) is 11.3 Å². The molecule has 0 saturated carbocycles. The van der Waals surface area contributed by atoms with E-state index in [0.29, 0.717) is 23.8 Å². The molecule has 4 heteroatoms. The topological polar surface area (TPSA) is 23.6 Å². The molecule has 28 heavy (non-hydrogen) atoms. The number of amides is 1. The Bertz CT molecular complexity index is 823. The van der Waals surface area contributed by atoms with Crippen LogP contribution in [0, 0.1) is 18.3 Å². The Morgan fingerprint density at radius 1 is 1.21 bits per heavy atom. The average molecular weight is 397 g/mol. The second-order valence-electron chi connectivity index (χ2n) is 9.61. The molecule has 4 rings (SSSR count). The minimum Gasteiger partial charge on any atom is -0.338 e. The zero-order valence-electron chi connectivity index (χ0n) is 17.5. The van der Waals surface area contributed by atoms with Gasteiger partial charge >= 0.3 is 0 Å². The van der Waals surface area contributed by atoms with Crippen LogP contribution in [0.25, 0.3) is 0 Å². The molecule has 2 saturated heterocycles. The standard InChI is InChI=1S/C24H32N2OS/c1-17-6-5-7-18(12-17)13-25-10-8-22-21(14-25)20(19-9-11-28-16-19)15-26(22)23(27)24(2,3)4/h5-7,9,11-12,16,20-22H,8,10,13-15H2,1-4H3/t20-,21-,22-/m1/s1. The molecular formula is C24H32N2OS. The van der Waals surface area contributed by atoms with Gasteiger partial charge in [0.2, 0.25) is 5.91 Å². The van der Waals surface area contributed by atoms with E-state index < -0.39 is 0 Å². The summed E-state index contributed by atoms with van der Waals surface area (Å²) in [5, 5.41) is 4.46. The molecule has 0 aliphatic carbocycles. The molecule has 0 radical (unpaired) electrons. The van der Waals surface area contributed by atoms with Crippen LogP contribution in [0.3, 0.4) is 0 Å². The summed E-state index contributed by atoms with van der Waals surface area (Å²) < 4.78 is 0. The third-order valence-electron chi connectivity index (χ3n) is 6.38. The first kappa shape index (κ1) is 19.7. The normalized spacial score (nSPS) is 25.7. The van der Waals surface area contributed by atoms with E-state index in [0.717, 1.165) is 32.6 Å². The van der Waals surface area contributed by atoms with Crippen molar-refractivity contribution in [1.82, 2.24) is 9.80 Å². The number of piperidine rings is 1. The molecular weight excluding hydrogens is 364 g/mol. The highest BCUT2D eigenvalue weighted by Crippen LogP contribution is 2.43. The van der Waals surface area contributed by atoms with Crippen LogP contribution in [0.5, 0.6) is 0 Å². The Labute approximate surface area is 173 Å². The number of carbonyl (C=O) groups is 1. The lowest BCUT2D eigenvalue weighted by molar-refractivity contribution is -0.141.